The van der Waals surface area contributed by atoms with Crippen LogP contribution in [0.25, 0.3) is 0 Å². The summed E-state index contributed by atoms with van der Waals surface area (Å²) >= 11 is 5.82. The molecule has 2 amide bonds. The Morgan fingerprint density at radius 2 is 1.79 bits per heavy atom. The Hall–Kier alpha value is -2.93. The molecule has 1 N–H and O–H groups in total. The van der Waals surface area contributed by atoms with Crippen LogP contribution in [0.15, 0.2) is 42.6 Å². The van der Waals surface area contributed by atoms with E-state index in [0.717, 1.165) is 25.0 Å². The van der Waals surface area contributed by atoms with Crippen LogP contribution in [-0.2, 0) is 9.59 Å². The van der Waals surface area contributed by atoms with Gasteiger partial charge in [-0.05, 0) is 55.7 Å². The summed E-state index contributed by atoms with van der Waals surface area (Å²) in [6, 6.07) is 10.4. The van der Waals surface area contributed by atoms with Gasteiger partial charge in [0.05, 0.1) is 11.6 Å². The molecule has 7 nitrogen and oxygen atoms in total. The number of anilines is 1. The van der Waals surface area contributed by atoms with Crippen molar-refractivity contribution in [3.63, 3.8) is 0 Å². The molecule has 0 saturated carbocycles. The Balaban J connectivity index is 1.38. The molecule has 1 saturated heterocycles. The smallest absolute Gasteiger partial charge is 0.228 e. The number of halogens is 1. The number of hydrogen-bond acceptors (Lipinski definition) is 5. The number of pyridine rings is 1. The van der Waals surface area contributed by atoms with Gasteiger partial charge in [-0.25, -0.2) is 4.98 Å². The summed E-state index contributed by atoms with van der Waals surface area (Å²) in [5.41, 5.74) is 0.583. The average molecular weight is 486 g/mol. The Bertz CT molecular complexity index is 955. The normalized spacial score (nSPS) is 14.0. The van der Waals surface area contributed by atoms with E-state index in [2.05, 4.69) is 17.2 Å². The highest BCUT2D eigenvalue weighted by molar-refractivity contribution is 6.30. The van der Waals surface area contributed by atoms with Crippen molar-refractivity contribution >= 4 is 35.0 Å². The molecule has 0 spiro atoms. The summed E-state index contributed by atoms with van der Waals surface area (Å²) in [5, 5.41) is 3.30. The van der Waals surface area contributed by atoms with Gasteiger partial charge < -0.3 is 15.0 Å². The number of rotatable bonds is 11. The van der Waals surface area contributed by atoms with E-state index in [1.807, 2.05) is 0 Å². The summed E-state index contributed by atoms with van der Waals surface area (Å²) in [7, 11) is 0. The number of piperidine rings is 1. The molecule has 1 aromatic heterocycles. The number of ether oxygens (including phenoxy) is 1. The molecule has 0 aliphatic carbocycles. The van der Waals surface area contributed by atoms with Crippen LogP contribution in [0.2, 0.25) is 5.02 Å². The van der Waals surface area contributed by atoms with Crippen molar-refractivity contribution in [3.05, 3.63) is 53.2 Å². The number of hydrogen-bond donors (Lipinski definition) is 1. The van der Waals surface area contributed by atoms with Gasteiger partial charge in [-0.3, -0.25) is 14.4 Å². The molecule has 0 unspecified atom stereocenters. The molecule has 8 heteroatoms. The number of aromatic nitrogens is 1. The number of carbonyl (C=O) groups excluding carboxylic acids is 3. The van der Waals surface area contributed by atoms with E-state index in [4.69, 9.17) is 16.3 Å². The molecule has 1 aliphatic heterocycles. The fourth-order valence-electron chi connectivity index (χ4n) is 3.87. The lowest BCUT2D eigenvalue weighted by molar-refractivity contribution is -0.134. The van der Waals surface area contributed by atoms with Crippen LogP contribution in [-0.4, -0.2) is 47.2 Å². The van der Waals surface area contributed by atoms with Gasteiger partial charge in [-0.15, -0.1) is 0 Å². The number of carbonyl (C=O) groups is 3. The van der Waals surface area contributed by atoms with E-state index < -0.39 is 0 Å². The van der Waals surface area contributed by atoms with Gasteiger partial charge in [0.15, 0.2) is 5.78 Å². The molecule has 2 heterocycles. The maximum atomic E-state index is 12.6. The van der Waals surface area contributed by atoms with Crippen LogP contribution in [0.5, 0.6) is 5.75 Å². The molecular formula is C26H32ClN3O4. The molecule has 1 aliphatic rings. The minimum absolute atomic E-state index is 0.0533. The van der Waals surface area contributed by atoms with E-state index in [9.17, 15) is 14.4 Å². The zero-order chi connectivity index (χ0) is 24.3. The highest BCUT2D eigenvalue weighted by Crippen LogP contribution is 2.21. The van der Waals surface area contributed by atoms with Crippen molar-refractivity contribution in [2.75, 3.05) is 25.0 Å². The number of nitrogens with zero attached hydrogens (tertiary/aromatic N) is 2. The van der Waals surface area contributed by atoms with Gasteiger partial charge in [0.1, 0.15) is 11.6 Å². The predicted octanol–water partition coefficient (Wildman–Crippen LogP) is 5.14. The van der Waals surface area contributed by atoms with Crippen LogP contribution >= 0.6 is 11.6 Å². The summed E-state index contributed by atoms with van der Waals surface area (Å²) < 4.78 is 5.67. The van der Waals surface area contributed by atoms with Crippen LogP contribution in [0, 0.1) is 5.92 Å². The van der Waals surface area contributed by atoms with Crippen molar-refractivity contribution < 1.29 is 19.1 Å². The van der Waals surface area contributed by atoms with Crippen molar-refractivity contribution in [2.24, 2.45) is 5.92 Å². The minimum Gasteiger partial charge on any atom is -0.494 e. The maximum absolute atomic E-state index is 12.6. The lowest BCUT2D eigenvalue weighted by Gasteiger charge is -2.31. The minimum atomic E-state index is -0.175. The largest absolute Gasteiger partial charge is 0.494 e. The quantitative estimate of drug-likeness (QED) is 0.351. The van der Waals surface area contributed by atoms with Gasteiger partial charge in [-0.2, -0.15) is 0 Å². The van der Waals surface area contributed by atoms with Gasteiger partial charge in [0.2, 0.25) is 11.8 Å². The third kappa shape index (κ3) is 7.83. The third-order valence-corrected chi connectivity index (χ3v) is 6.18. The molecule has 3 rings (SSSR count). The molecule has 0 atom stereocenters. The van der Waals surface area contributed by atoms with E-state index in [1.165, 1.54) is 6.20 Å². The van der Waals surface area contributed by atoms with Crippen molar-refractivity contribution in [3.8, 4) is 5.75 Å². The topological polar surface area (TPSA) is 88.6 Å². The van der Waals surface area contributed by atoms with Gasteiger partial charge in [0, 0.05) is 43.6 Å². The highest BCUT2D eigenvalue weighted by Gasteiger charge is 2.27. The molecule has 0 radical (unpaired) electrons. The standard InChI is InChI=1S/C26H32ClN3O4/c1-2-3-4-17-34-22-8-5-19(6-9-22)23(31)10-12-25(32)30-15-13-20(14-16-30)26(33)29-24-11-7-21(27)18-28-24/h5-9,11,18,20H,2-4,10,12-17H2,1H3,(H,28,29,33). The second-order valence-corrected chi connectivity index (χ2v) is 8.95. The van der Waals surface area contributed by atoms with Gasteiger partial charge >= 0.3 is 0 Å². The third-order valence-electron chi connectivity index (χ3n) is 5.96. The van der Waals surface area contributed by atoms with Gasteiger partial charge in [-0.1, -0.05) is 31.4 Å². The zero-order valence-electron chi connectivity index (χ0n) is 19.6. The molecule has 34 heavy (non-hydrogen) atoms. The number of nitrogens with one attached hydrogen (secondary N) is 1. The fourth-order valence-corrected chi connectivity index (χ4v) is 3.98. The lowest BCUT2D eigenvalue weighted by Crippen LogP contribution is -2.41. The summed E-state index contributed by atoms with van der Waals surface area (Å²) in [5.74, 6) is 0.823. The number of likely N-dealkylation sites (tertiary alicyclic amines) is 1. The second-order valence-electron chi connectivity index (χ2n) is 8.51. The number of ketones is 1. The van der Waals surface area contributed by atoms with E-state index >= 15 is 0 Å². The van der Waals surface area contributed by atoms with E-state index in [-0.39, 0.29) is 36.4 Å². The first-order valence-electron chi connectivity index (χ1n) is 11.9. The molecule has 182 valence electrons. The number of amides is 2. The van der Waals surface area contributed by atoms with Gasteiger partial charge in [0.25, 0.3) is 0 Å². The van der Waals surface area contributed by atoms with E-state index in [1.54, 1.807) is 41.3 Å². The number of Topliss-reactive ketones (excluding diaryl/α,β-unsaturated/α-hetero) is 1. The first kappa shape index (κ1) is 25.7. The van der Waals surface area contributed by atoms with Crippen molar-refractivity contribution in [1.82, 2.24) is 9.88 Å². The Morgan fingerprint density at radius 1 is 1.06 bits per heavy atom. The highest BCUT2D eigenvalue weighted by atomic mass is 35.5. The summed E-state index contributed by atoms with van der Waals surface area (Å²) in [4.78, 5) is 43.4. The SMILES string of the molecule is CCCCCOc1ccc(C(=O)CCC(=O)N2CCC(C(=O)Nc3ccc(Cl)cn3)CC2)cc1. The van der Waals surface area contributed by atoms with Crippen LogP contribution in [0.1, 0.15) is 62.2 Å². The van der Waals surface area contributed by atoms with Crippen LogP contribution in [0.4, 0.5) is 5.82 Å². The lowest BCUT2D eigenvalue weighted by atomic mass is 9.95. The monoisotopic (exact) mass is 485 g/mol. The van der Waals surface area contributed by atoms with Crippen molar-refractivity contribution in [2.45, 2.75) is 51.9 Å². The zero-order valence-corrected chi connectivity index (χ0v) is 20.4. The molecule has 1 fully saturated rings. The molecular weight excluding hydrogens is 454 g/mol. The van der Waals surface area contributed by atoms with Crippen LogP contribution < -0.4 is 10.1 Å². The Labute approximate surface area is 205 Å². The summed E-state index contributed by atoms with van der Waals surface area (Å²) in [6.07, 6.45) is 6.27. The molecule has 1 aromatic carbocycles. The first-order valence-corrected chi connectivity index (χ1v) is 12.3. The summed E-state index contributed by atoms with van der Waals surface area (Å²) in [6.45, 7) is 3.83. The predicted molar refractivity (Wildman–Crippen MR) is 132 cm³/mol. The number of unbranched alkanes of at least 4 members (excludes halogenated alkanes) is 2. The Kier molecular flexibility index (Phi) is 9.89. The second kappa shape index (κ2) is 13.1. The fraction of sp³-hybridized carbons (Fsp3) is 0.462. The average Bonchev–Trinajstić information content (AvgIpc) is 2.87. The Morgan fingerprint density at radius 3 is 2.44 bits per heavy atom. The molecule has 2 aromatic rings. The first-order chi connectivity index (χ1) is 16.5. The van der Waals surface area contributed by atoms with E-state index in [0.29, 0.717) is 48.9 Å². The van der Waals surface area contributed by atoms with Crippen LogP contribution in [0.3, 0.4) is 0 Å². The number of benzene rings is 1. The van der Waals surface area contributed by atoms with Crippen molar-refractivity contribution in [1.29, 1.82) is 0 Å². The molecule has 0 bridgehead atoms. The maximum Gasteiger partial charge on any atom is 0.228 e.